The third kappa shape index (κ3) is 13.3. The first kappa shape index (κ1) is 31.2. The minimum absolute atomic E-state index is 0. The molecule has 0 aromatic rings. The molecular weight excluding hydrogens is 349 g/mol. The van der Waals surface area contributed by atoms with Crippen LogP contribution in [-0.4, -0.2) is 40.6 Å². The molecule has 0 bridgehead atoms. The quantitative estimate of drug-likeness (QED) is 0.306. The molecule has 1 N–H and O–H groups in total. The van der Waals surface area contributed by atoms with Crippen LogP contribution in [0.3, 0.4) is 0 Å². The number of carbonyl (C=O) groups is 5. The molecule has 0 heterocycles. The summed E-state index contributed by atoms with van der Waals surface area (Å²) in [6.45, 7) is 0. The van der Waals surface area contributed by atoms with E-state index in [4.69, 9.17) is 5.11 Å². The van der Waals surface area contributed by atoms with Crippen LogP contribution in [0, 0.1) is 0 Å². The molecule has 0 aliphatic carbocycles. The Kier molecular flexibility index (Phi) is 19.9. The van der Waals surface area contributed by atoms with Gasteiger partial charge in [-0.3, -0.25) is 9.59 Å². The molecule has 10 nitrogen and oxygen atoms in total. The van der Waals surface area contributed by atoms with E-state index in [0.717, 1.165) is 0 Å². The number of aliphatic carboxylic acids is 4. The van der Waals surface area contributed by atoms with E-state index < -0.39 is 61.1 Å². The summed E-state index contributed by atoms with van der Waals surface area (Å²) < 4.78 is 4.27. The number of rotatable bonds is 9. The van der Waals surface area contributed by atoms with Crippen molar-refractivity contribution < 1.29 is 138 Å². The summed E-state index contributed by atoms with van der Waals surface area (Å²) in [4.78, 5) is 53.2. The molecular formula is C10H9Na3O10. The molecule has 0 aliphatic rings. The Morgan fingerprint density at radius 3 is 1.48 bits per heavy atom. The Bertz CT molecular complexity index is 434. The van der Waals surface area contributed by atoms with Crippen LogP contribution in [-0.2, 0) is 28.7 Å². The Balaban J connectivity index is -0.000000602. The molecule has 0 saturated carbocycles. The number of ether oxygens (including phenoxy) is 1. The molecule has 0 amide bonds. The summed E-state index contributed by atoms with van der Waals surface area (Å²) in [6.07, 6.45) is -4.42. The normalized spacial score (nSPS) is 9.22. The fourth-order valence-corrected chi connectivity index (χ4v) is 1.26. The summed E-state index contributed by atoms with van der Waals surface area (Å²) in [7, 11) is 0. The second-order valence-corrected chi connectivity index (χ2v) is 3.75. The third-order valence-corrected chi connectivity index (χ3v) is 2.08. The van der Waals surface area contributed by atoms with Crippen LogP contribution in [0.4, 0.5) is 0 Å². The van der Waals surface area contributed by atoms with Gasteiger partial charge < -0.3 is 39.5 Å². The van der Waals surface area contributed by atoms with E-state index in [0.29, 0.717) is 0 Å². The second-order valence-electron chi connectivity index (χ2n) is 3.75. The van der Waals surface area contributed by atoms with Gasteiger partial charge in [0.15, 0.2) is 5.60 Å². The van der Waals surface area contributed by atoms with Gasteiger partial charge in [0.25, 0.3) is 0 Å². The first-order valence-electron chi connectivity index (χ1n) is 5.14. The van der Waals surface area contributed by atoms with Crippen LogP contribution in [0.25, 0.3) is 0 Å². The molecule has 0 rings (SSSR count). The first-order valence-corrected chi connectivity index (χ1v) is 5.14. The van der Waals surface area contributed by atoms with Crippen molar-refractivity contribution >= 4 is 29.8 Å². The number of carbonyl (C=O) groups excluding carboxylic acids is 4. The minimum Gasteiger partial charge on any atom is -0.550 e. The van der Waals surface area contributed by atoms with Crippen LogP contribution in [0.1, 0.15) is 25.7 Å². The molecule has 0 radical (unpaired) electrons. The molecule has 0 aliphatic heterocycles. The van der Waals surface area contributed by atoms with Gasteiger partial charge in [0, 0.05) is 24.8 Å². The van der Waals surface area contributed by atoms with E-state index in [1.165, 1.54) is 0 Å². The smallest absolute Gasteiger partial charge is 0.550 e. The van der Waals surface area contributed by atoms with Crippen LogP contribution >= 0.6 is 0 Å². The van der Waals surface area contributed by atoms with Gasteiger partial charge in [-0.05, 0) is 0 Å². The van der Waals surface area contributed by atoms with Crippen LogP contribution in [0.5, 0.6) is 0 Å². The van der Waals surface area contributed by atoms with Crippen LogP contribution < -0.4 is 104 Å². The molecule has 0 saturated heterocycles. The zero-order valence-electron chi connectivity index (χ0n) is 12.9. The van der Waals surface area contributed by atoms with Gasteiger partial charge in [-0.25, -0.2) is 0 Å². The van der Waals surface area contributed by atoms with Gasteiger partial charge in [-0.1, -0.05) is 0 Å². The molecule has 0 spiro atoms. The molecule has 23 heavy (non-hydrogen) atoms. The zero-order chi connectivity index (χ0) is 15.9. The molecule has 0 atom stereocenters. The molecule has 13 heteroatoms. The third-order valence-electron chi connectivity index (χ3n) is 2.08. The summed E-state index contributed by atoms with van der Waals surface area (Å²) in [6, 6.07) is 0. The zero-order valence-corrected chi connectivity index (χ0v) is 18.9. The summed E-state index contributed by atoms with van der Waals surface area (Å²) in [5.41, 5.74) is -3.01. The number of esters is 1. The average Bonchev–Trinajstić information content (AvgIpc) is 2.23. The van der Waals surface area contributed by atoms with Gasteiger partial charge in [0.2, 0.25) is 0 Å². The van der Waals surface area contributed by atoms with Gasteiger partial charge in [-0.15, -0.1) is 0 Å². The summed E-state index contributed by atoms with van der Waals surface area (Å²) in [5, 5.41) is 40.1. The Morgan fingerprint density at radius 2 is 1.22 bits per heavy atom. The molecule has 0 aromatic heterocycles. The van der Waals surface area contributed by atoms with Crippen molar-refractivity contribution in [1.29, 1.82) is 0 Å². The SMILES string of the molecule is O=C([O-])CC(CC(=O)[O-])(OC(=O)CCC(=O)O)C(=O)[O-].[Na+].[Na+].[Na+]. The number of carboxylic acids is 4. The fourth-order valence-electron chi connectivity index (χ4n) is 1.26. The fraction of sp³-hybridized carbons (Fsp3) is 0.500. The maximum Gasteiger partial charge on any atom is 1.00 e. The molecule has 112 valence electrons. The monoisotopic (exact) mass is 358 g/mol. The van der Waals surface area contributed by atoms with Gasteiger partial charge in [0.05, 0.1) is 18.8 Å². The maximum absolute atomic E-state index is 11.2. The van der Waals surface area contributed by atoms with Crippen molar-refractivity contribution in [3.05, 3.63) is 0 Å². The van der Waals surface area contributed by atoms with E-state index >= 15 is 0 Å². The first-order chi connectivity index (χ1) is 9.09. The van der Waals surface area contributed by atoms with E-state index in [-0.39, 0.29) is 88.7 Å². The van der Waals surface area contributed by atoms with Crippen molar-refractivity contribution in [3.8, 4) is 0 Å². The largest absolute Gasteiger partial charge is 1.00 e. The summed E-state index contributed by atoms with van der Waals surface area (Å²) >= 11 is 0. The number of carboxylic acid groups (broad SMARTS) is 4. The Morgan fingerprint density at radius 1 is 0.826 bits per heavy atom. The van der Waals surface area contributed by atoms with Gasteiger partial charge in [0.1, 0.15) is 0 Å². The van der Waals surface area contributed by atoms with Gasteiger partial charge >= 0.3 is 101 Å². The van der Waals surface area contributed by atoms with Gasteiger partial charge in [-0.2, -0.15) is 0 Å². The minimum atomic E-state index is -3.01. The maximum atomic E-state index is 11.2. The standard InChI is InChI=1S/C10H12O10.3Na/c11-5(12)1-2-8(17)20-10(9(18)19,3-6(13)14)4-7(15)16;;;/h1-4H2,(H,11,12)(H,13,14)(H,15,16)(H,18,19);;;/q;3*+1/p-3. The predicted octanol–water partition coefficient (Wildman–Crippen LogP) is -13.8. The van der Waals surface area contributed by atoms with Crippen molar-refractivity contribution in [2.75, 3.05) is 0 Å². The average molecular weight is 358 g/mol. The molecule has 0 aromatic carbocycles. The van der Waals surface area contributed by atoms with E-state index in [1.807, 2.05) is 0 Å². The topological polar surface area (TPSA) is 184 Å². The number of hydrogen-bond acceptors (Lipinski definition) is 9. The Hall–Kier alpha value is 0.350. The second kappa shape index (κ2) is 14.7. The van der Waals surface area contributed by atoms with Crippen LogP contribution in [0.2, 0.25) is 0 Å². The van der Waals surface area contributed by atoms with Crippen molar-refractivity contribution in [1.82, 2.24) is 0 Å². The number of hydrogen-bond donors (Lipinski definition) is 1. The van der Waals surface area contributed by atoms with Crippen molar-refractivity contribution in [3.63, 3.8) is 0 Å². The Labute approximate surface area is 196 Å². The van der Waals surface area contributed by atoms with E-state index in [2.05, 4.69) is 4.74 Å². The van der Waals surface area contributed by atoms with E-state index in [1.54, 1.807) is 0 Å². The predicted molar refractivity (Wildman–Crippen MR) is 49.9 cm³/mol. The van der Waals surface area contributed by atoms with Crippen LogP contribution in [0.15, 0.2) is 0 Å². The van der Waals surface area contributed by atoms with Crippen molar-refractivity contribution in [2.24, 2.45) is 0 Å². The molecule has 0 fully saturated rings. The van der Waals surface area contributed by atoms with Crippen molar-refractivity contribution in [2.45, 2.75) is 31.3 Å². The van der Waals surface area contributed by atoms with E-state index in [9.17, 15) is 39.3 Å². The molecule has 0 unspecified atom stereocenters. The summed E-state index contributed by atoms with van der Waals surface area (Å²) in [5.74, 6) is -9.06.